The lowest BCUT2D eigenvalue weighted by atomic mass is 9.85. The van der Waals surface area contributed by atoms with Crippen LogP contribution in [0.25, 0.3) is 0 Å². The zero-order chi connectivity index (χ0) is 10.3. The van der Waals surface area contributed by atoms with E-state index in [0.717, 1.165) is 12.8 Å². The highest BCUT2D eigenvalue weighted by Gasteiger charge is 2.44. The number of carbonyl (C=O) groups excluding carboxylic acids is 2. The molecule has 0 radical (unpaired) electrons. The van der Waals surface area contributed by atoms with Crippen LogP contribution in [0.4, 0.5) is 0 Å². The Labute approximate surface area is 82.9 Å². The van der Waals surface area contributed by atoms with Crippen molar-refractivity contribution in [2.75, 3.05) is 6.54 Å². The maximum Gasteiger partial charge on any atom is 0.251 e. The van der Waals surface area contributed by atoms with Gasteiger partial charge in [-0.3, -0.25) is 9.59 Å². The molecule has 3 unspecified atom stereocenters. The van der Waals surface area contributed by atoms with Gasteiger partial charge in [-0.25, -0.2) is 0 Å². The van der Waals surface area contributed by atoms with Gasteiger partial charge in [0.15, 0.2) is 0 Å². The zero-order valence-electron chi connectivity index (χ0n) is 8.27. The van der Waals surface area contributed by atoms with Crippen molar-refractivity contribution in [2.45, 2.75) is 38.3 Å². The van der Waals surface area contributed by atoms with E-state index in [4.69, 9.17) is 0 Å². The monoisotopic (exact) mass is 197 g/mol. The molecule has 2 fully saturated rings. The summed E-state index contributed by atoms with van der Waals surface area (Å²) in [5, 5.41) is 9.50. The molecule has 3 atom stereocenters. The van der Waals surface area contributed by atoms with Gasteiger partial charge in [0, 0.05) is 18.5 Å². The summed E-state index contributed by atoms with van der Waals surface area (Å²) in [5.74, 6) is -0.247. The Morgan fingerprint density at radius 1 is 1.57 bits per heavy atom. The first-order valence-electron chi connectivity index (χ1n) is 5.10. The molecule has 0 spiro atoms. The number of fused-ring (bicyclic) bond motifs is 1. The Balaban J connectivity index is 2.22. The molecule has 2 aliphatic heterocycles. The molecule has 0 saturated carbocycles. The summed E-state index contributed by atoms with van der Waals surface area (Å²) in [4.78, 5) is 24.6. The quantitative estimate of drug-likeness (QED) is 0.641. The first-order valence-corrected chi connectivity index (χ1v) is 5.10. The number of piperidine rings is 1. The van der Waals surface area contributed by atoms with E-state index in [1.807, 2.05) is 0 Å². The number of Topliss-reactive ketones (excluding diaryl/α,β-unsaturated/α-hetero) is 1. The van der Waals surface area contributed by atoms with Gasteiger partial charge in [0.25, 0.3) is 5.91 Å². The molecule has 0 aromatic rings. The van der Waals surface area contributed by atoms with Crippen LogP contribution in [0.15, 0.2) is 0 Å². The van der Waals surface area contributed by atoms with E-state index in [1.54, 1.807) is 11.8 Å². The normalized spacial score (nSPS) is 37.1. The number of aliphatic hydroxyl groups excluding tert-OH is 1. The first-order chi connectivity index (χ1) is 6.61. The molecule has 78 valence electrons. The maximum absolute atomic E-state index is 11.5. The van der Waals surface area contributed by atoms with Gasteiger partial charge in [-0.15, -0.1) is 0 Å². The van der Waals surface area contributed by atoms with Crippen LogP contribution in [0.2, 0.25) is 0 Å². The Kier molecular flexibility index (Phi) is 2.31. The summed E-state index contributed by atoms with van der Waals surface area (Å²) in [6.07, 6.45) is 1.21. The van der Waals surface area contributed by atoms with Crippen molar-refractivity contribution >= 4 is 11.7 Å². The number of rotatable bonds is 1. The Morgan fingerprint density at radius 2 is 2.29 bits per heavy atom. The second-order valence-corrected chi connectivity index (χ2v) is 4.21. The maximum atomic E-state index is 11.5. The molecule has 2 heterocycles. The van der Waals surface area contributed by atoms with Crippen LogP contribution >= 0.6 is 0 Å². The lowest BCUT2D eigenvalue weighted by Gasteiger charge is -2.37. The van der Waals surface area contributed by atoms with E-state index in [-0.39, 0.29) is 23.7 Å². The highest BCUT2D eigenvalue weighted by molar-refractivity contribution is 5.87. The predicted molar refractivity (Wildman–Crippen MR) is 49.5 cm³/mol. The second-order valence-electron chi connectivity index (χ2n) is 4.21. The molecule has 1 N–H and O–H groups in total. The fourth-order valence-corrected chi connectivity index (χ4v) is 2.61. The number of nitrogens with zero attached hydrogens (tertiary/aromatic N) is 1. The molecule has 0 aromatic carbocycles. The van der Waals surface area contributed by atoms with Gasteiger partial charge in [-0.05, 0) is 26.2 Å². The molecule has 1 amide bonds. The van der Waals surface area contributed by atoms with Crippen molar-refractivity contribution in [1.82, 2.24) is 4.90 Å². The van der Waals surface area contributed by atoms with Gasteiger partial charge >= 0.3 is 0 Å². The summed E-state index contributed by atoms with van der Waals surface area (Å²) in [6.45, 7) is 2.24. The summed E-state index contributed by atoms with van der Waals surface area (Å²) < 4.78 is 0. The van der Waals surface area contributed by atoms with Gasteiger partial charge in [-0.1, -0.05) is 0 Å². The number of hydrogen-bond donors (Lipinski definition) is 1. The first kappa shape index (κ1) is 9.65. The molecule has 0 aliphatic carbocycles. The Hall–Kier alpha value is -0.900. The van der Waals surface area contributed by atoms with E-state index in [2.05, 4.69) is 0 Å². The highest BCUT2D eigenvalue weighted by atomic mass is 16.3. The van der Waals surface area contributed by atoms with Gasteiger partial charge in [0.1, 0.15) is 11.9 Å². The van der Waals surface area contributed by atoms with E-state index < -0.39 is 6.10 Å². The summed E-state index contributed by atoms with van der Waals surface area (Å²) in [5.41, 5.74) is 0. The summed E-state index contributed by atoms with van der Waals surface area (Å²) in [6, 6.07) is 0.0587. The number of carbonyl (C=O) groups is 2. The van der Waals surface area contributed by atoms with Gasteiger partial charge in [0.2, 0.25) is 0 Å². The third-order valence-electron chi connectivity index (χ3n) is 3.33. The van der Waals surface area contributed by atoms with Crippen LogP contribution in [-0.4, -0.2) is 40.4 Å². The van der Waals surface area contributed by atoms with Gasteiger partial charge in [0.05, 0.1) is 0 Å². The largest absolute Gasteiger partial charge is 0.383 e. The molecule has 4 heteroatoms. The SMILES string of the molecule is CC(=O)C1CC(O)C(=O)N2CCCC12. The minimum atomic E-state index is -0.960. The molecular formula is C10H15NO3. The smallest absolute Gasteiger partial charge is 0.251 e. The average Bonchev–Trinajstić information content (AvgIpc) is 2.59. The van der Waals surface area contributed by atoms with Crippen LogP contribution in [0.3, 0.4) is 0 Å². The van der Waals surface area contributed by atoms with Crippen molar-refractivity contribution in [3.8, 4) is 0 Å². The minimum Gasteiger partial charge on any atom is -0.383 e. The van der Waals surface area contributed by atoms with Crippen molar-refractivity contribution in [2.24, 2.45) is 5.92 Å². The third kappa shape index (κ3) is 1.34. The fraction of sp³-hybridized carbons (Fsp3) is 0.800. The molecular weight excluding hydrogens is 182 g/mol. The molecule has 2 saturated heterocycles. The van der Waals surface area contributed by atoms with E-state index in [9.17, 15) is 14.7 Å². The Morgan fingerprint density at radius 3 is 2.93 bits per heavy atom. The minimum absolute atomic E-state index is 0.0587. The van der Waals surface area contributed by atoms with Crippen LogP contribution < -0.4 is 0 Å². The number of aliphatic hydroxyl groups is 1. The molecule has 2 aliphatic rings. The summed E-state index contributed by atoms with van der Waals surface area (Å²) in [7, 11) is 0. The van der Waals surface area contributed by atoms with Crippen molar-refractivity contribution in [1.29, 1.82) is 0 Å². The van der Waals surface area contributed by atoms with E-state index >= 15 is 0 Å². The molecule has 0 bridgehead atoms. The fourth-order valence-electron chi connectivity index (χ4n) is 2.61. The van der Waals surface area contributed by atoms with Crippen LogP contribution in [0.1, 0.15) is 26.2 Å². The molecule has 2 rings (SSSR count). The van der Waals surface area contributed by atoms with Crippen molar-refractivity contribution in [3.05, 3.63) is 0 Å². The molecule has 4 nitrogen and oxygen atoms in total. The summed E-state index contributed by atoms with van der Waals surface area (Å²) >= 11 is 0. The van der Waals surface area contributed by atoms with E-state index in [0.29, 0.717) is 13.0 Å². The second kappa shape index (κ2) is 3.35. The standard InChI is InChI=1S/C10H15NO3/c1-6(12)7-5-9(13)10(14)11-4-2-3-8(7)11/h7-9,13H,2-5H2,1H3. The van der Waals surface area contributed by atoms with E-state index in [1.165, 1.54) is 0 Å². The van der Waals surface area contributed by atoms with Gasteiger partial charge < -0.3 is 10.0 Å². The highest BCUT2D eigenvalue weighted by Crippen LogP contribution is 2.32. The van der Waals surface area contributed by atoms with Gasteiger partial charge in [-0.2, -0.15) is 0 Å². The van der Waals surface area contributed by atoms with Crippen LogP contribution in [0, 0.1) is 5.92 Å². The number of hydrogen-bond acceptors (Lipinski definition) is 3. The molecule has 0 aromatic heterocycles. The number of amides is 1. The van der Waals surface area contributed by atoms with Crippen molar-refractivity contribution < 1.29 is 14.7 Å². The lowest BCUT2D eigenvalue weighted by Crippen LogP contribution is -2.53. The third-order valence-corrected chi connectivity index (χ3v) is 3.33. The van der Waals surface area contributed by atoms with Crippen molar-refractivity contribution in [3.63, 3.8) is 0 Å². The van der Waals surface area contributed by atoms with Crippen LogP contribution in [-0.2, 0) is 9.59 Å². The molecule has 14 heavy (non-hydrogen) atoms. The zero-order valence-corrected chi connectivity index (χ0v) is 8.27. The Bertz CT molecular complexity index is 277. The lowest BCUT2D eigenvalue weighted by molar-refractivity contribution is -0.150. The number of ketones is 1. The topological polar surface area (TPSA) is 57.6 Å². The predicted octanol–water partition coefficient (Wildman–Crippen LogP) is -0.0528. The van der Waals surface area contributed by atoms with Crippen LogP contribution in [0.5, 0.6) is 0 Å². The average molecular weight is 197 g/mol.